The topological polar surface area (TPSA) is 67.4 Å². The van der Waals surface area contributed by atoms with E-state index in [1.807, 2.05) is 0 Å². The number of hydrogen-bond acceptors (Lipinski definition) is 4. The van der Waals surface area contributed by atoms with Crippen molar-refractivity contribution in [2.45, 2.75) is 17.8 Å². The number of methoxy groups -OCH3 is 1. The summed E-state index contributed by atoms with van der Waals surface area (Å²) in [5.74, 6) is 0.0551. The average Bonchev–Trinajstić information content (AvgIpc) is 2.47. The summed E-state index contributed by atoms with van der Waals surface area (Å²) in [7, 11) is -1.38. The molecule has 1 aliphatic rings. The maximum absolute atomic E-state index is 11.3. The molecule has 100 valence electrons. The van der Waals surface area contributed by atoms with Gasteiger partial charge in [0.25, 0.3) is 0 Å². The van der Waals surface area contributed by atoms with E-state index in [4.69, 9.17) is 28.6 Å². The molecule has 0 radical (unpaired) electrons. The number of thiocarbonyl (C=S) groups is 1. The summed E-state index contributed by atoms with van der Waals surface area (Å²) in [5, 5.41) is 5.93. The minimum absolute atomic E-state index is 0.0124. The third kappa shape index (κ3) is 5.37. The Morgan fingerprint density at radius 2 is 2.24 bits per heavy atom. The summed E-state index contributed by atoms with van der Waals surface area (Å²) in [6.07, 6.45) is 0.839. The molecule has 5 nitrogen and oxygen atoms in total. The molecule has 2 atom stereocenters. The Labute approximate surface area is 112 Å². The van der Waals surface area contributed by atoms with Crippen molar-refractivity contribution >= 4 is 38.8 Å². The van der Waals surface area contributed by atoms with Gasteiger partial charge in [-0.05, 0) is 18.6 Å². The first-order chi connectivity index (χ1) is 7.94. The zero-order valence-electron chi connectivity index (χ0n) is 9.61. The lowest BCUT2D eigenvalue weighted by atomic mass is 10.2. The van der Waals surface area contributed by atoms with E-state index < -0.39 is 15.2 Å². The Hall–Kier alpha value is -0.110. The molecule has 1 aliphatic heterocycles. The van der Waals surface area contributed by atoms with Gasteiger partial charge in [-0.25, -0.2) is 8.42 Å². The van der Waals surface area contributed by atoms with E-state index in [0.29, 0.717) is 18.3 Å². The van der Waals surface area contributed by atoms with Gasteiger partial charge in [-0.1, -0.05) is 0 Å². The molecule has 0 saturated carbocycles. The van der Waals surface area contributed by atoms with Gasteiger partial charge in [0.05, 0.1) is 22.9 Å². The normalized spacial score (nSPS) is 26.7. The van der Waals surface area contributed by atoms with Crippen LogP contribution in [0.15, 0.2) is 0 Å². The van der Waals surface area contributed by atoms with Crippen LogP contribution in [0, 0.1) is 0 Å². The van der Waals surface area contributed by atoms with E-state index in [1.54, 1.807) is 7.11 Å². The van der Waals surface area contributed by atoms with Crippen LogP contribution in [0.2, 0.25) is 0 Å². The van der Waals surface area contributed by atoms with Crippen molar-refractivity contribution < 1.29 is 13.2 Å². The molecule has 2 unspecified atom stereocenters. The minimum atomic E-state index is -3.02. The highest BCUT2D eigenvalue weighted by atomic mass is 35.5. The summed E-state index contributed by atoms with van der Waals surface area (Å²) >= 11 is 11.0. The lowest BCUT2D eigenvalue weighted by Crippen LogP contribution is -2.46. The molecule has 1 rings (SSSR count). The maximum Gasteiger partial charge on any atom is 0.166 e. The number of ether oxygens (including phenoxy) is 1. The summed E-state index contributed by atoms with van der Waals surface area (Å²) in [6.45, 7) is 1.34. The Morgan fingerprint density at radius 1 is 1.53 bits per heavy atom. The fourth-order valence-corrected chi connectivity index (χ4v) is 4.38. The predicted octanol–water partition coefficient (Wildman–Crippen LogP) is -0.109. The van der Waals surface area contributed by atoms with Crippen molar-refractivity contribution in [3.05, 3.63) is 0 Å². The highest BCUT2D eigenvalue weighted by Crippen LogP contribution is 2.17. The number of hydrogen-bond donors (Lipinski definition) is 2. The summed E-state index contributed by atoms with van der Waals surface area (Å²) in [5.41, 5.74) is 0. The lowest BCUT2D eigenvalue weighted by molar-refractivity contribution is 0.195. The Balaban J connectivity index is 2.27. The second-order valence-electron chi connectivity index (χ2n) is 3.95. The summed E-state index contributed by atoms with van der Waals surface area (Å²) < 4.78 is 27.6. The van der Waals surface area contributed by atoms with Crippen molar-refractivity contribution in [1.82, 2.24) is 10.6 Å². The number of rotatable bonds is 5. The van der Waals surface area contributed by atoms with Crippen LogP contribution in [0.1, 0.15) is 6.42 Å². The van der Waals surface area contributed by atoms with Crippen LogP contribution in [-0.2, 0) is 14.6 Å². The van der Waals surface area contributed by atoms with Gasteiger partial charge in [0.15, 0.2) is 14.9 Å². The fraction of sp³-hybridized carbons (Fsp3) is 0.889. The van der Waals surface area contributed by atoms with Crippen LogP contribution in [0.25, 0.3) is 0 Å². The molecule has 0 aromatic rings. The highest BCUT2D eigenvalue weighted by molar-refractivity contribution is 7.91. The predicted molar refractivity (Wildman–Crippen MR) is 72.3 cm³/mol. The van der Waals surface area contributed by atoms with E-state index in [2.05, 4.69) is 10.6 Å². The molecule has 2 N–H and O–H groups in total. The van der Waals surface area contributed by atoms with Crippen molar-refractivity contribution in [2.75, 3.05) is 31.8 Å². The summed E-state index contributed by atoms with van der Waals surface area (Å²) in [4.78, 5) is 0. The van der Waals surface area contributed by atoms with E-state index in [9.17, 15) is 8.42 Å². The second-order valence-corrected chi connectivity index (χ2v) is 7.07. The fourth-order valence-electron chi connectivity index (χ4n) is 1.57. The number of sulfone groups is 1. The number of nitrogens with one attached hydrogen (secondary N) is 2. The van der Waals surface area contributed by atoms with Gasteiger partial charge in [0, 0.05) is 20.3 Å². The Morgan fingerprint density at radius 3 is 2.76 bits per heavy atom. The van der Waals surface area contributed by atoms with Gasteiger partial charge in [0.2, 0.25) is 0 Å². The standard InChI is InChI=1S/C9H17ClN2O3S2/c1-15-4-2-3-11-9(16)12-8-6-17(13,14)5-7(8)10/h7-8H,2-6H2,1H3,(H2,11,12,16). The molecule has 0 amide bonds. The molecule has 1 saturated heterocycles. The third-order valence-electron chi connectivity index (χ3n) is 2.41. The first-order valence-corrected chi connectivity index (χ1v) is 7.99. The van der Waals surface area contributed by atoms with Gasteiger partial charge in [-0.3, -0.25) is 0 Å². The number of halogens is 1. The Kier molecular flexibility index (Phi) is 5.91. The molecular formula is C9H17ClN2O3S2. The zero-order chi connectivity index (χ0) is 12.9. The molecule has 0 aromatic heterocycles. The molecule has 1 heterocycles. The maximum atomic E-state index is 11.3. The molecule has 0 aromatic carbocycles. The molecule has 8 heteroatoms. The molecule has 1 fully saturated rings. The van der Waals surface area contributed by atoms with Crippen LogP contribution in [0.4, 0.5) is 0 Å². The molecule has 0 spiro atoms. The first-order valence-electron chi connectivity index (χ1n) is 5.32. The quantitative estimate of drug-likeness (QED) is 0.420. The molecule has 17 heavy (non-hydrogen) atoms. The summed E-state index contributed by atoms with van der Waals surface area (Å²) in [6, 6.07) is -0.302. The zero-order valence-corrected chi connectivity index (χ0v) is 12.0. The lowest BCUT2D eigenvalue weighted by Gasteiger charge is -2.17. The van der Waals surface area contributed by atoms with Gasteiger partial charge in [-0.2, -0.15) is 0 Å². The number of alkyl halides is 1. The van der Waals surface area contributed by atoms with E-state index in [1.165, 1.54) is 0 Å². The van der Waals surface area contributed by atoms with Crippen LogP contribution in [-0.4, -0.2) is 56.7 Å². The first kappa shape index (κ1) is 14.9. The third-order valence-corrected chi connectivity index (χ3v) is 5.05. The van der Waals surface area contributed by atoms with Crippen LogP contribution >= 0.6 is 23.8 Å². The molecular weight excluding hydrogens is 284 g/mol. The van der Waals surface area contributed by atoms with Gasteiger partial charge in [-0.15, -0.1) is 11.6 Å². The van der Waals surface area contributed by atoms with E-state index in [-0.39, 0.29) is 17.5 Å². The van der Waals surface area contributed by atoms with E-state index >= 15 is 0 Å². The van der Waals surface area contributed by atoms with Crippen molar-refractivity contribution in [3.63, 3.8) is 0 Å². The minimum Gasteiger partial charge on any atom is -0.385 e. The van der Waals surface area contributed by atoms with Crippen molar-refractivity contribution in [1.29, 1.82) is 0 Å². The average molecular weight is 301 g/mol. The molecule has 0 aliphatic carbocycles. The monoisotopic (exact) mass is 300 g/mol. The van der Waals surface area contributed by atoms with E-state index in [0.717, 1.165) is 6.42 Å². The SMILES string of the molecule is COCCCNC(=S)NC1CS(=O)(=O)CC1Cl. The highest BCUT2D eigenvalue weighted by Gasteiger charge is 2.36. The Bertz CT molecular complexity index is 361. The van der Waals surface area contributed by atoms with Gasteiger partial charge >= 0.3 is 0 Å². The molecule has 0 bridgehead atoms. The smallest absolute Gasteiger partial charge is 0.166 e. The van der Waals surface area contributed by atoms with Crippen LogP contribution < -0.4 is 10.6 Å². The van der Waals surface area contributed by atoms with Crippen molar-refractivity contribution in [2.24, 2.45) is 0 Å². The van der Waals surface area contributed by atoms with Crippen LogP contribution in [0.3, 0.4) is 0 Å². The van der Waals surface area contributed by atoms with Gasteiger partial charge in [0.1, 0.15) is 0 Å². The van der Waals surface area contributed by atoms with Gasteiger partial charge < -0.3 is 15.4 Å². The van der Waals surface area contributed by atoms with Crippen molar-refractivity contribution in [3.8, 4) is 0 Å². The van der Waals surface area contributed by atoms with Crippen LogP contribution in [0.5, 0.6) is 0 Å². The largest absolute Gasteiger partial charge is 0.385 e. The second kappa shape index (κ2) is 6.72.